The molecule has 2 N–H and O–H groups in total. The van der Waals surface area contributed by atoms with Gasteiger partial charge in [-0.05, 0) is 38.3 Å². The van der Waals surface area contributed by atoms with E-state index in [0.29, 0.717) is 45.6 Å². The fourth-order valence-electron chi connectivity index (χ4n) is 3.17. The van der Waals surface area contributed by atoms with E-state index in [0.717, 1.165) is 12.0 Å². The number of hydrogen-bond acceptors (Lipinski definition) is 4. The molecule has 2 rings (SSSR count). The lowest BCUT2D eigenvalue weighted by atomic mass is 9.96. The molecule has 1 aliphatic rings. The van der Waals surface area contributed by atoms with Gasteiger partial charge in [0.1, 0.15) is 0 Å². The van der Waals surface area contributed by atoms with E-state index in [2.05, 4.69) is 0 Å². The maximum atomic E-state index is 13.0. The zero-order valence-electron chi connectivity index (χ0n) is 15.3. The molecule has 1 aromatic rings. The lowest BCUT2D eigenvalue weighted by Gasteiger charge is -2.33. The van der Waals surface area contributed by atoms with Crippen molar-refractivity contribution in [3.05, 3.63) is 35.9 Å². The summed E-state index contributed by atoms with van der Waals surface area (Å²) in [5, 5.41) is 0. The summed E-state index contributed by atoms with van der Waals surface area (Å²) in [5.74, 6) is 0.123. The minimum atomic E-state index is -3.16. The van der Waals surface area contributed by atoms with Gasteiger partial charge in [0.05, 0.1) is 5.75 Å². The molecule has 1 fully saturated rings. The number of piperidine rings is 1. The Morgan fingerprint density at radius 1 is 1.23 bits per heavy atom. The molecule has 1 saturated heterocycles. The highest BCUT2D eigenvalue weighted by Crippen LogP contribution is 2.23. The van der Waals surface area contributed by atoms with E-state index >= 15 is 0 Å². The highest BCUT2D eigenvalue weighted by molar-refractivity contribution is 7.89. The number of carbonyl (C=O) groups is 1. The van der Waals surface area contributed by atoms with Crippen LogP contribution >= 0.6 is 12.4 Å². The van der Waals surface area contributed by atoms with Gasteiger partial charge in [-0.1, -0.05) is 30.3 Å². The van der Waals surface area contributed by atoms with Gasteiger partial charge in [0, 0.05) is 32.1 Å². The molecule has 1 amide bonds. The van der Waals surface area contributed by atoms with Crippen molar-refractivity contribution in [3.63, 3.8) is 0 Å². The van der Waals surface area contributed by atoms with E-state index in [-0.39, 0.29) is 30.0 Å². The zero-order chi connectivity index (χ0) is 18.3. The molecule has 0 spiro atoms. The van der Waals surface area contributed by atoms with Crippen LogP contribution in [0.25, 0.3) is 0 Å². The molecular weight excluding hydrogens is 374 g/mol. The van der Waals surface area contributed by atoms with Crippen LogP contribution in [0.2, 0.25) is 0 Å². The Balaban J connectivity index is 0.00000338. The van der Waals surface area contributed by atoms with Crippen molar-refractivity contribution in [2.75, 3.05) is 31.9 Å². The largest absolute Gasteiger partial charge is 0.338 e. The quantitative estimate of drug-likeness (QED) is 0.717. The average molecular weight is 404 g/mol. The third-order valence-electron chi connectivity index (χ3n) is 4.72. The lowest BCUT2D eigenvalue weighted by molar-refractivity contribution is -0.137. The number of hydrogen-bond donors (Lipinski definition) is 1. The second-order valence-corrected chi connectivity index (χ2v) is 8.72. The number of nitrogens with zero attached hydrogens (tertiary/aromatic N) is 2. The molecule has 1 aromatic carbocycles. The first-order valence-electron chi connectivity index (χ1n) is 8.98. The predicted octanol–water partition coefficient (Wildman–Crippen LogP) is 1.85. The molecule has 0 radical (unpaired) electrons. The van der Waals surface area contributed by atoms with Crippen LogP contribution < -0.4 is 5.73 Å². The first kappa shape index (κ1) is 22.9. The van der Waals surface area contributed by atoms with Crippen LogP contribution in [0.1, 0.15) is 31.7 Å². The van der Waals surface area contributed by atoms with Gasteiger partial charge < -0.3 is 10.6 Å². The van der Waals surface area contributed by atoms with Crippen molar-refractivity contribution in [1.82, 2.24) is 9.21 Å². The summed E-state index contributed by atoms with van der Waals surface area (Å²) in [6.45, 7) is 4.28. The summed E-state index contributed by atoms with van der Waals surface area (Å²) >= 11 is 0. The Morgan fingerprint density at radius 2 is 1.85 bits per heavy atom. The molecule has 148 valence electrons. The van der Waals surface area contributed by atoms with Crippen molar-refractivity contribution < 1.29 is 13.2 Å². The van der Waals surface area contributed by atoms with Gasteiger partial charge >= 0.3 is 0 Å². The van der Waals surface area contributed by atoms with Crippen LogP contribution in [0, 0.1) is 5.92 Å². The van der Waals surface area contributed by atoms with Crippen molar-refractivity contribution >= 4 is 28.3 Å². The van der Waals surface area contributed by atoms with Gasteiger partial charge in [0.15, 0.2) is 0 Å². The highest BCUT2D eigenvalue weighted by atomic mass is 35.5. The Kier molecular flexibility index (Phi) is 9.57. The molecule has 0 saturated carbocycles. The second-order valence-electron chi connectivity index (χ2n) is 6.46. The Labute approximate surface area is 163 Å². The molecule has 0 aliphatic carbocycles. The number of rotatable bonds is 8. The fourth-order valence-corrected chi connectivity index (χ4v) is 4.31. The third-order valence-corrected chi connectivity index (χ3v) is 6.60. The molecule has 8 heteroatoms. The number of amides is 1. The highest BCUT2D eigenvalue weighted by Gasteiger charge is 2.32. The maximum Gasteiger partial charge on any atom is 0.226 e. The Hall–Kier alpha value is -1.15. The van der Waals surface area contributed by atoms with Crippen LogP contribution in [-0.4, -0.2) is 55.5 Å². The van der Waals surface area contributed by atoms with Crippen LogP contribution in [-0.2, 0) is 21.4 Å². The topological polar surface area (TPSA) is 83.7 Å². The molecule has 0 atom stereocenters. The standard InChI is InChI=1S/C18H29N3O3S.ClH/c1-2-25(23,24)21-13-9-17(10-14-21)18(22)20(12-6-11-19)15-16-7-4-3-5-8-16;/h3-5,7-8,17H,2,6,9-15,19H2,1H3;1H. The molecule has 0 unspecified atom stereocenters. The Morgan fingerprint density at radius 3 is 2.38 bits per heavy atom. The molecule has 1 aliphatic heterocycles. The van der Waals surface area contributed by atoms with Crippen molar-refractivity contribution in [2.24, 2.45) is 11.7 Å². The van der Waals surface area contributed by atoms with E-state index in [4.69, 9.17) is 5.73 Å². The summed E-state index contributed by atoms with van der Waals surface area (Å²) < 4.78 is 25.4. The summed E-state index contributed by atoms with van der Waals surface area (Å²) in [5.41, 5.74) is 6.72. The lowest BCUT2D eigenvalue weighted by Crippen LogP contribution is -2.45. The SMILES string of the molecule is CCS(=O)(=O)N1CCC(C(=O)N(CCCN)Cc2ccccc2)CC1.Cl. The first-order valence-corrected chi connectivity index (χ1v) is 10.6. The van der Waals surface area contributed by atoms with Gasteiger partial charge in [-0.2, -0.15) is 0 Å². The van der Waals surface area contributed by atoms with Crippen LogP contribution in [0.4, 0.5) is 0 Å². The van der Waals surface area contributed by atoms with Gasteiger partial charge in [-0.3, -0.25) is 4.79 Å². The minimum absolute atomic E-state index is 0. The van der Waals surface area contributed by atoms with Crippen molar-refractivity contribution in [2.45, 2.75) is 32.7 Å². The summed E-state index contributed by atoms with van der Waals surface area (Å²) in [7, 11) is -3.16. The summed E-state index contributed by atoms with van der Waals surface area (Å²) in [6.07, 6.45) is 1.94. The van der Waals surface area contributed by atoms with E-state index in [1.807, 2.05) is 35.2 Å². The Bertz CT molecular complexity index is 647. The molecule has 1 heterocycles. The predicted molar refractivity (Wildman–Crippen MR) is 107 cm³/mol. The second kappa shape index (κ2) is 10.9. The van der Waals surface area contributed by atoms with E-state index in [1.54, 1.807) is 6.92 Å². The minimum Gasteiger partial charge on any atom is -0.338 e. The van der Waals surface area contributed by atoms with Crippen molar-refractivity contribution in [3.8, 4) is 0 Å². The first-order chi connectivity index (χ1) is 12.0. The molecule has 0 bridgehead atoms. The van der Waals surface area contributed by atoms with Crippen LogP contribution in [0.5, 0.6) is 0 Å². The number of sulfonamides is 1. The smallest absolute Gasteiger partial charge is 0.226 e. The molecule has 26 heavy (non-hydrogen) atoms. The van der Waals surface area contributed by atoms with Crippen molar-refractivity contribution in [1.29, 1.82) is 0 Å². The van der Waals surface area contributed by atoms with Gasteiger partial charge in [-0.15, -0.1) is 12.4 Å². The van der Waals surface area contributed by atoms with E-state index in [1.165, 1.54) is 4.31 Å². The normalized spacial score (nSPS) is 16.1. The summed E-state index contributed by atoms with van der Waals surface area (Å²) in [6, 6.07) is 9.92. The zero-order valence-corrected chi connectivity index (χ0v) is 17.0. The van der Waals surface area contributed by atoms with Gasteiger partial charge in [0.2, 0.25) is 15.9 Å². The van der Waals surface area contributed by atoms with Crippen LogP contribution in [0.15, 0.2) is 30.3 Å². The van der Waals surface area contributed by atoms with Crippen LogP contribution in [0.3, 0.4) is 0 Å². The monoisotopic (exact) mass is 403 g/mol. The maximum absolute atomic E-state index is 13.0. The molecule has 6 nitrogen and oxygen atoms in total. The molecule has 0 aromatic heterocycles. The average Bonchev–Trinajstić information content (AvgIpc) is 2.65. The third kappa shape index (κ3) is 6.23. The molecular formula is C18H30ClN3O3S. The van der Waals surface area contributed by atoms with Gasteiger partial charge in [0.25, 0.3) is 0 Å². The number of benzene rings is 1. The number of nitrogens with two attached hydrogens (primary N) is 1. The summed E-state index contributed by atoms with van der Waals surface area (Å²) in [4.78, 5) is 14.8. The van der Waals surface area contributed by atoms with E-state index in [9.17, 15) is 13.2 Å². The number of halogens is 1. The van der Waals surface area contributed by atoms with E-state index < -0.39 is 10.0 Å². The fraction of sp³-hybridized carbons (Fsp3) is 0.611. The number of carbonyl (C=O) groups excluding carboxylic acids is 1. The van der Waals surface area contributed by atoms with Gasteiger partial charge in [-0.25, -0.2) is 12.7 Å².